The summed E-state index contributed by atoms with van der Waals surface area (Å²) in [5.41, 5.74) is 0. The molecule has 0 spiro atoms. The summed E-state index contributed by atoms with van der Waals surface area (Å²) in [6.07, 6.45) is 1.08. The molecule has 1 aliphatic rings. The summed E-state index contributed by atoms with van der Waals surface area (Å²) >= 11 is 0. The van der Waals surface area contributed by atoms with E-state index >= 15 is 0 Å². The molecule has 0 aliphatic heterocycles. The number of hydrogen-bond acceptors (Lipinski definition) is 5. The van der Waals surface area contributed by atoms with Gasteiger partial charge < -0.3 is 14.4 Å². The van der Waals surface area contributed by atoms with Gasteiger partial charge in [-0.25, -0.2) is 8.78 Å². The van der Waals surface area contributed by atoms with Crippen molar-refractivity contribution >= 4 is 0 Å². The fourth-order valence-electron chi connectivity index (χ4n) is 2.25. The molecule has 1 aliphatic carbocycles. The van der Waals surface area contributed by atoms with Gasteiger partial charge in [-0.2, -0.15) is 4.98 Å². The van der Waals surface area contributed by atoms with Crippen LogP contribution in [-0.2, 0) is 11.2 Å². The van der Waals surface area contributed by atoms with Crippen molar-refractivity contribution in [1.82, 2.24) is 10.1 Å². The van der Waals surface area contributed by atoms with E-state index in [1.165, 1.54) is 0 Å². The first kappa shape index (κ1) is 14.3. The second-order valence-electron chi connectivity index (χ2n) is 4.72. The molecule has 5 nitrogen and oxygen atoms in total. The zero-order valence-corrected chi connectivity index (χ0v) is 10.6. The van der Waals surface area contributed by atoms with E-state index in [9.17, 15) is 13.9 Å². The molecule has 0 amide bonds. The van der Waals surface area contributed by atoms with Crippen molar-refractivity contribution < 1.29 is 23.1 Å². The standard InChI is InChI=1S/C12H18F2N2O3/c13-10(14)7-18-6-5-11-15-12(19-16-11)8-3-1-2-4-9(8)17/h8-10,17H,1-7H2. The largest absolute Gasteiger partial charge is 0.392 e. The van der Waals surface area contributed by atoms with Crippen molar-refractivity contribution in [1.29, 1.82) is 0 Å². The highest BCUT2D eigenvalue weighted by molar-refractivity contribution is 4.99. The number of ether oxygens (including phenoxy) is 1. The van der Waals surface area contributed by atoms with Crippen molar-refractivity contribution in [3.05, 3.63) is 11.7 Å². The van der Waals surface area contributed by atoms with Crippen molar-refractivity contribution in [2.24, 2.45) is 0 Å². The number of halogens is 2. The smallest absolute Gasteiger partial charge is 0.261 e. The minimum absolute atomic E-state index is 0.100. The molecule has 0 saturated heterocycles. The Balaban J connectivity index is 1.81. The van der Waals surface area contributed by atoms with E-state index in [4.69, 9.17) is 9.26 Å². The average molecular weight is 276 g/mol. The van der Waals surface area contributed by atoms with Gasteiger partial charge in [0, 0.05) is 6.42 Å². The van der Waals surface area contributed by atoms with Crippen molar-refractivity contribution in [3.8, 4) is 0 Å². The first-order valence-electron chi connectivity index (χ1n) is 6.53. The van der Waals surface area contributed by atoms with Crippen LogP contribution in [0.15, 0.2) is 4.52 Å². The normalized spacial score (nSPS) is 24.0. The van der Waals surface area contributed by atoms with Crippen LogP contribution >= 0.6 is 0 Å². The molecular weight excluding hydrogens is 258 g/mol. The summed E-state index contributed by atoms with van der Waals surface area (Å²) in [5, 5.41) is 13.6. The van der Waals surface area contributed by atoms with Crippen LogP contribution in [0.2, 0.25) is 0 Å². The lowest BCUT2D eigenvalue weighted by Crippen LogP contribution is -2.22. The molecule has 1 saturated carbocycles. The van der Waals surface area contributed by atoms with E-state index in [0.29, 0.717) is 18.1 Å². The molecule has 2 atom stereocenters. The van der Waals surface area contributed by atoms with Crippen LogP contribution in [-0.4, -0.2) is 41.0 Å². The summed E-state index contributed by atoms with van der Waals surface area (Å²) in [4.78, 5) is 4.20. The molecule has 0 aromatic carbocycles. The van der Waals surface area contributed by atoms with Crippen LogP contribution in [0.5, 0.6) is 0 Å². The average Bonchev–Trinajstić information content (AvgIpc) is 2.83. The molecule has 2 unspecified atom stereocenters. The van der Waals surface area contributed by atoms with Crippen molar-refractivity contribution in [3.63, 3.8) is 0 Å². The fourth-order valence-corrected chi connectivity index (χ4v) is 2.25. The molecule has 0 radical (unpaired) electrons. The molecule has 19 heavy (non-hydrogen) atoms. The van der Waals surface area contributed by atoms with Crippen LogP contribution in [0.25, 0.3) is 0 Å². The molecule has 108 valence electrons. The highest BCUT2D eigenvalue weighted by atomic mass is 19.3. The summed E-state index contributed by atoms with van der Waals surface area (Å²) in [7, 11) is 0. The van der Waals surface area contributed by atoms with E-state index in [0.717, 1.165) is 25.7 Å². The molecular formula is C12H18F2N2O3. The maximum atomic E-state index is 11.8. The lowest BCUT2D eigenvalue weighted by atomic mass is 9.86. The van der Waals surface area contributed by atoms with Gasteiger partial charge >= 0.3 is 0 Å². The number of aliphatic hydroxyl groups excluding tert-OH is 1. The summed E-state index contributed by atoms with van der Waals surface area (Å²) in [5.74, 6) is 0.773. The lowest BCUT2D eigenvalue weighted by molar-refractivity contribution is 0.0182. The Bertz CT molecular complexity index is 387. The molecule has 1 N–H and O–H groups in total. The Morgan fingerprint density at radius 2 is 2.16 bits per heavy atom. The highest BCUT2D eigenvalue weighted by Gasteiger charge is 2.29. The van der Waals surface area contributed by atoms with Crippen LogP contribution in [0, 0.1) is 0 Å². The van der Waals surface area contributed by atoms with E-state index in [-0.39, 0.29) is 12.5 Å². The Morgan fingerprint density at radius 1 is 1.37 bits per heavy atom. The Kier molecular flexibility index (Phi) is 5.21. The van der Waals surface area contributed by atoms with Gasteiger partial charge in [-0.3, -0.25) is 0 Å². The first-order valence-corrected chi connectivity index (χ1v) is 6.53. The highest BCUT2D eigenvalue weighted by Crippen LogP contribution is 2.31. The first-order chi connectivity index (χ1) is 9.16. The zero-order valence-electron chi connectivity index (χ0n) is 10.6. The van der Waals surface area contributed by atoms with E-state index in [1.807, 2.05) is 0 Å². The monoisotopic (exact) mass is 276 g/mol. The summed E-state index contributed by atoms with van der Waals surface area (Å²) < 4.78 is 33.6. The topological polar surface area (TPSA) is 68.4 Å². The molecule has 2 rings (SSSR count). The SMILES string of the molecule is OC1CCCCC1c1nc(CCOCC(F)F)no1. The quantitative estimate of drug-likeness (QED) is 0.804. The van der Waals surface area contributed by atoms with Gasteiger partial charge in [0.1, 0.15) is 6.61 Å². The van der Waals surface area contributed by atoms with Crippen LogP contribution in [0.1, 0.15) is 43.3 Å². The van der Waals surface area contributed by atoms with Crippen LogP contribution < -0.4 is 0 Å². The van der Waals surface area contributed by atoms with Gasteiger partial charge in [-0.05, 0) is 12.8 Å². The Labute approximate surface area is 109 Å². The zero-order chi connectivity index (χ0) is 13.7. The van der Waals surface area contributed by atoms with Gasteiger partial charge in [0.2, 0.25) is 5.89 Å². The third-order valence-corrected chi connectivity index (χ3v) is 3.24. The van der Waals surface area contributed by atoms with Gasteiger partial charge in [-0.15, -0.1) is 0 Å². The number of aliphatic hydroxyl groups is 1. The predicted octanol–water partition coefficient (Wildman–Crippen LogP) is 1.91. The minimum Gasteiger partial charge on any atom is -0.392 e. The Morgan fingerprint density at radius 3 is 2.89 bits per heavy atom. The summed E-state index contributed by atoms with van der Waals surface area (Å²) in [6, 6.07) is 0. The third kappa shape index (κ3) is 4.21. The molecule has 7 heteroatoms. The van der Waals surface area contributed by atoms with Crippen molar-refractivity contribution in [2.75, 3.05) is 13.2 Å². The maximum absolute atomic E-state index is 11.8. The molecule has 1 heterocycles. The van der Waals surface area contributed by atoms with Crippen LogP contribution in [0.3, 0.4) is 0 Å². The molecule has 1 aromatic heterocycles. The predicted molar refractivity (Wildman–Crippen MR) is 62.0 cm³/mol. The minimum atomic E-state index is -2.46. The number of nitrogens with zero attached hydrogens (tertiary/aromatic N) is 2. The number of rotatable bonds is 6. The van der Waals surface area contributed by atoms with E-state index < -0.39 is 19.1 Å². The lowest BCUT2D eigenvalue weighted by Gasteiger charge is -2.24. The van der Waals surface area contributed by atoms with Gasteiger partial charge in [0.25, 0.3) is 6.43 Å². The molecule has 1 aromatic rings. The molecule has 1 fully saturated rings. The maximum Gasteiger partial charge on any atom is 0.261 e. The second kappa shape index (κ2) is 6.91. The van der Waals surface area contributed by atoms with Crippen molar-refractivity contribution in [2.45, 2.75) is 50.6 Å². The fraction of sp³-hybridized carbons (Fsp3) is 0.833. The van der Waals surface area contributed by atoms with E-state index in [1.54, 1.807) is 0 Å². The van der Waals surface area contributed by atoms with E-state index in [2.05, 4.69) is 10.1 Å². The summed E-state index contributed by atoms with van der Waals surface area (Å²) in [6.45, 7) is -0.442. The van der Waals surface area contributed by atoms with Gasteiger partial charge in [-0.1, -0.05) is 18.0 Å². The van der Waals surface area contributed by atoms with Crippen LogP contribution in [0.4, 0.5) is 8.78 Å². The number of alkyl halides is 2. The second-order valence-corrected chi connectivity index (χ2v) is 4.72. The number of hydrogen-bond donors (Lipinski definition) is 1. The third-order valence-electron chi connectivity index (χ3n) is 3.24. The van der Waals surface area contributed by atoms with Gasteiger partial charge in [0.15, 0.2) is 5.82 Å². The Hall–Kier alpha value is -1.08. The number of aromatic nitrogens is 2. The molecule has 0 bridgehead atoms. The van der Waals surface area contributed by atoms with Gasteiger partial charge in [0.05, 0.1) is 18.6 Å².